The van der Waals surface area contributed by atoms with Crippen molar-refractivity contribution in [2.45, 2.75) is 39.2 Å². The molecule has 0 aliphatic carbocycles. The van der Waals surface area contributed by atoms with E-state index in [4.69, 9.17) is 4.74 Å². The third kappa shape index (κ3) is 5.66. The second kappa shape index (κ2) is 6.30. The van der Waals surface area contributed by atoms with E-state index in [1.54, 1.807) is 7.05 Å². The normalized spacial score (nSPS) is 21.6. The van der Waals surface area contributed by atoms with Gasteiger partial charge >= 0.3 is 6.09 Å². The van der Waals surface area contributed by atoms with Crippen molar-refractivity contribution in [1.29, 1.82) is 0 Å². The van der Waals surface area contributed by atoms with Crippen molar-refractivity contribution in [2.24, 2.45) is 5.92 Å². The zero-order valence-electron chi connectivity index (χ0n) is 13.0. The van der Waals surface area contributed by atoms with Crippen molar-refractivity contribution in [3.63, 3.8) is 0 Å². The van der Waals surface area contributed by atoms with Crippen molar-refractivity contribution < 1.29 is 17.9 Å². The summed E-state index contributed by atoms with van der Waals surface area (Å²) >= 11 is 0. The molecule has 0 N–H and O–H groups in total. The molecule has 1 saturated heterocycles. The lowest BCUT2D eigenvalue weighted by Gasteiger charge is -2.33. The molecule has 1 aliphatic rings. The summed E-state index contributed by atoms with van der Waals surface area (Å²) in [5.41, 5.74) is -0.517. The van der Waals surface area contributed by atoms with Crippen LogP contribution >= 0.6 is 0 Å². The van der Waals surface area contributed by atoms with Crippen LogP contribution in [0.5, 0.6) is 0 Å². The molecule has 0 aromatic heterocycles. The highest BCUT2D eigenvalue weighted by Gasteiger charge is 2.28. The maximum Gasteiger partial charge on any atom is 0.410 e. The minimum atomic E-state index is -3.15. The molecule has 1 heterocycles. The van der Waals surface area contributed by atoms with Crippen molar-refractivity contribution in [3.05, 3.63) is 0 Å². The number of piperidine rings is 1. The van der Waals surface area contributed by atoms with Crippen LogP contribution in [-0.4, -0.2) is 62.3 Å². The molecule has 0 radical (unpaired) electrons. The van der Waals surface area contributed by atoms with Gasteiger partial charge in [0.1, 0.15) is 5.60 Å². The first kappa shape index (κ1) is 17.2. The third-order valence-electron chi connectivity index (χ3n) is 3.19. The Hall–Kier alpha value is -0.820. The largest absolute Gasteiger partial charge is 0.444 e. The van der Waals surface area contributed by atoms with Gasteiger partial charge in [0.15, 0.2) is 0 Å². The van der Waals surface area contributed by atoms with Gasteiger partial charge in [-0.05, 0) is 39.5 Å². The van der Waals surface area contributed by atoms with Gasteiger partial charge in [-0.3, -0.25) is 0 Å². The van der Waals surface area contributed by atoms with E-state index in [1.807, 2.05) is 20.8 Å². The van der Waals surface area contributed by atoms with E-state index >= 15 is 0 Å². The van der Waals surface area contributed by atoms with Crippen LogP contribution in [0.1, 0.15) is 33.6 Å². The van der Waals surface area contributed by atoms with E-state index in [9.17, 15) is 13.2 Å². The molecule has 1 fully saturated rings. The van der Waals surface area contributed by atoms with Crippen LogP contribution in [0.2, 0.25) is 0 Å². The highest BCUT2D eigenvalue weighted by Crippen LogP contribution is 2.20. The summed E-state index contributed by atoms with van der Waals surface area (Å²) in [5, 5.41) is 0. The summed E-state index contributed by atoms with van der Waals surface area (Å²) in [4.78, 5) is 13.4. The van der Waals surface area contributed by atoms with E-state index in [2.05, 4.69) is 0 Å². The van der Waals surface area contributed by atoms with E-state index < -0.39 is 15.6 Å². The van der Waals surface area contributed by atoms with Gasteiger partial charge < -0.3 is 9.64 Å². The molecule has 0 aromatic rings. The standard InChI is InChI=1S/C13H26N2O4S/c1-13(2,3)19-12(16)14(4)9-11-7-6-8-15(10-11)20(5,17)18/h11H,6-10H2,1-5H3/t11-/m1/s1. The van der Waals surface area contributed by atoms with Gasteiger partial charge in [0.2, 0.25) is 10.0 Å². The molecule has 0 aromatic carbocycles. The van der Waals surface area contributed by atoms with Crippen LogP contribution in [0.4, 0.5) is 4.79 Å². The van der Waals surface area contributed by atoms with Gasteiger partial charge in [0.05, 0.1) is 6.26 Å². The van der Waals surface area contributed by atoms with E-state index in [0.717, 1.165) is 12.8 Å². The summed E-state index contributed by atoms with van der Waals surface area (Å²) in [6.07, 6.45) is 2.63. The van der Waals surface area contributed by atoms with Gasteiger partial charge in [-0.2, -0.15) is 0 Å². The maximum atomic E-state index is 11.9. The average Bonchev–Trinajstić information content (AvgIpc) is 2.25. The lowest BCUT2D eigenvalue weighted by Crippen LogP contribution is -2.44. The summed E-state index contributed by atoms with van der Waals surface area (Å²) < 4.78 is 29.9. The van der Waals surface area contributed by atoms with E-state index in [1.165, 1.54) is 15.5 Å². The number of amides is 1. The molecule has 0 saturated carbocycles. The molecular formula is C13H26N2O4S. The molecule has 6 nitrogen and oxygen atoms in total. The maximum absolute atomic E-state index is 11.9. The molecule has 118 valence electrons. The Morgan fingerprint density at radius 3 is 2.50 bits per heavy atom. The fourth-order valence-electron chi connectivity index (χ4n) is 2.28. The molecule has 1 rings (SSSR count). The molecule has 1 amide bonds. The number of carbonyl (C=O) groups is 1. The second-order valence-corrected chi connectivity index (χ2v) is 8.47. The summed E-state index contributed by atoms with van der Waals surface area (Å²) in [7, 11) is -1.46. The minimum Gasteiger partial charge on any atom is -0.444 e. The summed E-state index contributed by atoms with van der Waals surface area (Å²) in [5.74, 6) is 0.163. The smallest absolute Gasteiger partial charge is 0.410 e. The predicted octanol–water partition coefficient (Wildman–Crippen LogP) is 1.52. The van der Waals surface area contributed by atoms with Gasteiger partial charge in [0, 0.05) is 26.7 Å². The quantitative estimate of drug-likeness (QED) is 0.793. The molecular weight excluding hydrogens is 280 g/mol. The number of hydrogen-bond acceptors (Lipinski definition) is 4. The van der Waals surface area contributed by atoms with Gasteiger partial charge in [0.25, 0.3) is 0 Å². The fraction of sp³-hybridized carbons (Fsp3) is 0.923. The van der Waals surface area contributed by atoms with Crippen molar-refractivity contribution in [1.82, 2.24) is 9.21 Å². The Bertz CT molecular complexity index is 442. The first-order valence-electron chi connectivity index (χ1n) is 6.88. The number of sulfonamides is 1. The Morgan fingerprint density at radius 2 is 2.00 bits per heavy atom. The highest BCUT2D eigenvalue weighted by atomic mass is 32.2. The van der Waals surface area contributed by atoms with Crippen molar-refractivity contribution >= 4 is 16.1 Å². The average molecular weight is 306 g/mol. The zero-order valence-corrected chi connectivity index (χ0v) is 13.9. The Kier molecular flexibility index (Phi) is 5.43. The molecule has 1 aliphatic heterocycles. The van der Waals surface area contributed by atoms with Gasteiger partial charge in [-0.15, -0.1) is 0 Å². The lowest BCUT2D eigenvalue weighted by atomic mass is 9.99. The van der Waals surface area contributed by atoms with Crippen LogP contribution in [0.3, 0.4) is 0 Å². The lowest BCUT2D eigenvalue weighted by molar-refractivity contribution is 0.0258. The molecule has 0 unspecified atom stereocenters. The van der Waals surface area contributed by atoms with Crippen LogP contribution in [0, 0.1) is 5.92 Å². The minimum absolute atomic E-state index is 0.163. The molecule has 20 heavy (non-hydrogen) atoms. The number of nitrogens with zero attached hydrogens (tertiary/aromatic N) is 2. The molecule has 0 bridgehead atoms. The van der Waals surface area contributed by atoms with Crippen LogP contribution in [-0.2, 0) is 14.8 Å². The molecule has 1 atom stereocenters. The zero-order chi connectivity index (χ0) is 15.6. The molecule has 7 heteroatoms. The summed E-state index contributed by atoms with van der Waals surface area (Å²) in [6.45, 7) is 7.04. The SMILES string of the molecule is CN(C[C@H]1CCCN(S(C)(=O)=O)C1)C(=O)OC(C)(C)C. The predicted molar refractivity (Wildman–Crippen MR) is 78.0 cm³/mol. The fourth-order valence-corrected chi connectivity index (χ4v) is 3.22. The topological polar surface area (TPSA) is 66.9 Å². The Labute approximate surface area is 122 Å². The first-order chi connectivity index (χ1) is 8.99. The number of rotatable bonds is 3. The number of hydrogen-bond donors (Lipinski definition) is 0. The van der Waals surface area contributed by atoms with Crippen LogP contribution in [0.15, 0.2) is 0 Å². The monoisotopic (exact) mass is 306 g/mol. The number of ether oxygens (including phenoxy) is 1. The summed E-state index contributed by atoms with van der Waals surface area (Å²) in [6, 6.07) is 0. The van der Waals surface area contributed by atoms with Crippen LogP contribution in [0.25, 0.3) is 0 Å². The second-order valence-electron chi connectivity index (χ2n) is 6.49. The van der Waals surface area contributed by atoms with Gasteiger partial charge in [-0.25, -0.2) is 17.5 Å². The highest BCUT2D eigenvalue weighted by molar-refractivity contribution is 7.88. The first-order valence-corrected chi connectivity index (χ1v) is 8.73. The van der Waals surface area contributed by atoms with Crippen molar-refractivity contribution in [2.75, 3.05) is 32.9 Å². The Balaban J connectivity index is 2.54. The Morgan fingerprint density at radius 1 is 1.40 bits per heavy atom. The van der Waals surface area contributed by atoms with Crippen LogP contribution < -0.4 is 0 Å². The van der Waals surface area contributed by atoms with Crippen molar-refractivity contribution in [3.8, 4) is 0 Å². The number of carbonyl (C=O) groups excluding carboxylic acids is 1. The van der Waals surface area contributed by atoms with E-state index in [-0.39, 0.29) is 12.0 Å². The van der Waals surface area contributed by atoms with E-state index in [0.29, 0.717) is 19.6 Å². The third-order valence-corrected chi connectivity index (χ3v) is 4.46. The van der Waals surface area contributed by atoms with Gasteiger partial charge in [-0.1, -0.05) is 0 Å². The molecule has 0 spiro atoms.